The Labute approximate surface area is 182 Å². The summed E-state index contributed by atoms with van der Waals surface area (Å²) in [4.78, 5) is 18.1. The zero-order chi connectivity index (χ0) is 19.2. The average molecular weight is 498 g/mol. The summed E-state index contributed by atoms with van der Waals surface area (Å²) < 4.78 is 7.47. The number of fused-ring (bicyclic) bond motifs is 1. The number of carbonyl (C=O) groups excluding carboxylic acids is 1. The van der Waals surface area contributed by atoms with E-state index < -0.39 is 0 Å². The number of likely N-dealkylation sites (N-methyl/N-ethyl adjacent to an activating group) is 1. The number of para-hydroxylation sites is 1. The second-order valence-electron chi connectivity index (χ2n) is 6.66. The van der Waals surface area contributed by atoms with Crippen LogP contribution in [0, 0.1) is 0 Å². The third-order valence-electron chi connectivity index (χ3n) is 4.34. The van der Waals surface area contributed by atoms with Crippen LogP contribution in [0.1, 0.15) is 23.7 Å². The van der Waals surface area contributed by atoms with Gasteiger partial charge in [-0.2, -0.15) is 5.10 Å². The molecule has 0 aliphatic carbocycles. The molecule has 0 spiro atoms. The lowest BCUT2D eigenvalue weighted by atomic mass is 10.0. The summed E-state index contributed by atoms with van der Waals surface area (Å²) in [6.45, 7) is 1.24. The van der Waals surface area contributed by atoms with Gasteiger partial charge >= 0.3 is 0 Å². The largest absolute Gasteiger partial charge is 0.493 e. The highest BCUT2D eigenvalue weighted by Gasteiger charge is 2.22. The van der Waals surface area contributed by atoms with Crippen molar-refractivity contribution < 1.29 is 9.53 Å². The number of benzene rings is 1. The lowest BCUT2D eigenvalue weighted by Crippen LogP contribution is -2.45. The Bertz CT molecular complexity index is 820. The van der Waals surface area contributed by atoms with Gasteiger partial charge in [0.05, 0.1) is 31.4 Å². The SMILES string of the molecule is CN(C)C(=O)CNC(=NCc1ccn(C)n1)NC1CCOc2ccccc21.I. The first-order valence-electron chi connectivity index (χ1n) is 8.98. The molecule has 1 unspecified atom stereocenters. The number of amides is 1. The standard InChI is InChI=1S/C19H26N6O2.HI/c1-24(2)18(26)13-21-19(20-12-14-8-10-25(3)23-14)22-16-9-11-27-17-7-5-4-6-15(16)17;/h4-8,10,16H,9,11-13H2,1-3H3,(H2,20,21,22);1H. The first-order valence-corrected chi connectivity index (χ1v) is 8.98. The topological polar surface area (TPSA) is 83.8 Å². The number of ether oxygens (including phenoxy) is 1. The van der Waals surface area contributed by atoms with Gasteiger partial charge in [0, 0.05) is 39.3 Å². The number of hydrogen-bond donors (Lipinski definition) is 2. The Kier molecular flexibility index (Phi) is 8.09. The minimum Gasteiger partial charge on any atom is -0.493 e. The summed E-state index contributed by atoms with van der Waals surface area (Å²) in [5, 5.41) is 10.9. The van der Waals surface area contributed by atoms with Crippen molar-refractivity contribution in [3.8, 4) is 5.75 Å². The second kappa shape index (κ2) is 10.3. The number of carbonyl (C=O) groups is 1. The van der Waals surface area contributed by atoms with Crippen molar-refractivity contribution in [2.45, 2.75) is 19.0 Å². The van der Waals surface area contributed by atoms with Crippen LogP contribution in [-0.4, -0.2) is 53.8 Å². The van der Waals surface area contributed by atoms with Crippen LogP contribution in [-0.2, 0) is 18.4 Å². The molecule has 0 fully saturated rings. The summed E-state index contributed by atoms with van der Waals surface area (Å²) in [5.74, 6) is 1.45. The molecule has 1 amide bonds. The van der Waals surface area contributed by atoms with Gasteiger partial charge in [0.2, 0.25) is 5.91 Å². The third-order valence-corrected chi connectivity index (χ3v) is 4.34. The number of guanidine groups is 1. The van der Waals surface area contributed by atoms with Crippen LogP contribution < -0.4 is 15.4 Å². The van der Waals surface area contributed by atoms with Crippen LogP contribution in [0.3, 0.4) is 0 Å². The van der Waals surface area contributed by atoms with Crippen molar-refractivity contribution in [1.82, 2.24) is 25.3 Å². The first kappa shape index (κ1) is 22.0. The number of rotatable bonds is 5. The second-order valence-corrected chi connectivity index (χ2v) is 6.66. The fourth-order valence-electron chi connectivity index (χ4n) is 2.83. The molecule has 1 aliphatic rings. The predicted molar refractivity (Wildman–Crippen MR) is 119 cm³/mol. The van der Waals surface area contributed by atoms with Crippen molar-refractivity contribution in [2.75, 3.05) is 27.2 Å². The lowest BCUT2D eigenvalue weighted by Gasteiger charge is -2.28. The molecule has 0 saturated carbocycles. The Morgan fingerprint density at radius 3 is 2.86 bits per heavy atom. The number of hydrogen-bond acceptors (Lipinski definition) is 4. The highest BCUT2D eigenvalue weighted by molar-refractivity contribution is 14.0. The predicted octanol–water partition coefficient (Wildman–Crippen LogP) is 1.69. The van der Waals surface area contributed by atoms with Gasteiger partial charge in [0.1, 0.15) is 5.75 Å². The molecule has 0 radical (unpaired) electrons. The molecule has 28 heavy (non-hydrogen) atoms. The fourth-order valence-corrected chi connectivity index (χ4v) is 2.83. The van der Waals surface area contributed by atoms with Crippen molar-refractivity contribution in [1.29, 1.82) is 0 Å². The van der Waals surface area contributed by atoms with E-state index in [0.717, 1.165) is 23.4 Å². The van der Waals surface area contributed by atoms with Gasteiger partial charge in [-0.05, 0) is 12.1 Å². The van der Waals surface area contributed by atoms with Crippen LogP contribution in [0.4, 0.5) is 0 Å². The van der Waals surface area contributed by atoms with Gasteiger partial charge < -0.3 is 20.3 Å². The number of halogens is 1. The Morgan fingerprint density at radius 2 is 2.14 bits per heavy atom. The van der Waals surface area contributed by atoms with E-state index in [1.807, 2.05) is 43.6 Å². The van der Waals surface area contributed by atoms with E-state index in [2.05, 4.69) is 20.7 Å². The van der Waals surface area contributed by atoms with Gasteiger partial charge in [-0.3, -0.25) is 9.48 Å². The van der Waals surface area contributed by atoms with Crippen molar-refractivity contribution in [3.05, 3.63) is 47.8 Å². The molecule has 8 nitrogen and oxygen atoms in total. The normalized spacial score (nSPS) is 15.7. The molecule has 3 rings (SSSR count). The van der Waals surface area contributed by atoms with E-state index in [1.54, 1.807) is 23.7 Å². The Balaban J connectivity index is 0.00000280. The zero-order valence-corrected chi connectivity index (χ0v) is 18.7. The van der Waals surface area contributed by atoms with E-state index in [4.69, 9.17) is 4.74 Å². The number of aryl methyl sites for hydroxylation is 1. The number of nitrogens with one attached hydrogen (secondary N) is 2. The van der Waals surface area contributed by atoms with E-state index in [0.29, 0.717) is 19.1 Å². The zero-order valence-electron chi connectivity index (χ0n) is 16.4. The first-order chi connectivity index (χ1) is 13.0. The molecule has 2 N–H and O–H groups in total. The Hall–Kier alpha value is -2.30. The maximum atomic E-state index is 12.0. The van der Waals surface area contributed by atoms with E-state index in [-0.39, 0.29) is 42.5 Å². The van der Waals surface area contributed by atoms with Crippen LogP contribution in [0.25, 0.3) is 0 Å². The summed E-state index contributed by atoms with van der Waals surface area (Å²) in [5.41, 5.74) is 1.96. The van der Waals surface area contributed by atoms with E-state index >= 15 is 0 Å². The molecule has 1 aliphatic heterocycles. The number of aromatic nitrogens is 2. The van der Waals surface area contributed by atoms with E-state index in [1.165, 1.54) is 0 Å². The van der Waals surface area contributed by atoms with Crippen LogP contribution in [0.5, 0.6) is 5.75 Å². The molecule has 0 saturated heterocycles. The minimum absolute atomic E-state index is 0. The molecule has 2 heterocycles. The molecule has 9 heteroatoms. The number of aliphatic imine (C=N–C) groups is 1. The van der Waals surface area contributed by atoms with Crippen LogP contribution in [0.15, 0.2) is 41.5 Å². The van der Waals surface area contributed by atoms with Crippen LogP contribution in [0.2, 0.25) is 0 Å². The summed E-state index contributed by atoms with van der Waals surface area (Å²) >= 11 is 0. The average Bonchev–Trinajstić information content (AvgIpc) is 3.09. The van der Waals surface area contributed by atoms with Gasteiger partial charge in [-0.25, -0.2) is 4.99 Å². The lowest BCUT2D eigenvalue weighted by molar-refractivity contribution is -0.127. The highest BCUT2D eigenvalue weighted by Crippen LogP contribution is 2.31. The molecule has 1 atom stereocenters. The fraction of sp³-hybridized carbons (Fsp3) is 0.421. The minimum atomic E-state index is -0.0188. The quantitative estimate of drug-likeness (QED) is 0.373. The molecular weight excluding hydrogens is 471 g/mol. The molecule has 1 aromatic carbocycles. The monoisotopic (exact) mass is 498 g/mol. The van der Waals surface area contributed by atoms with E-state index in [9.17, 15) is 4.79 Å². The van der Waals surface area contributed by atoms with Gasteiger partial charge in [0.25, 0.3) is 0 Å². The summed E-state index contributed by atoms with van der Waals surface area (Å²) in [7, 11) is 5.34. The van der Waals surface area contributed by atoms with Crippen LogP contribution >= 0.6 is 24.0 Å². The van der Waals surface area contributed by atoms with Gasteiger partial charge in [-0.1, -0.05) is 18.2 Å². The molecular formula is C19H27IN6O2. The summed E-state index contributed by atoms with van der Waals surface area (Å²) in [6.07, 6.45) is 2.71. The Morgan fingerprint density at radius 1 is 1.36 bits per heavy atom. The van der Waals surface area contributed by atoms with Crippen molar-refractivity contribution in [3.63, 3.8) is 0 Å². The number of nitrogens with zero attached hydrogens (tertiary/aromatic N) is 4. The smallest absolute Gasteiger partial charge is 0.241 e. The molecule has 152 valence electrons. The maximum Gasteiger partial charge on any atom is 0.241 e. The maximum absolute atomic E-state index is 12.0. The molecule has 2 aromatic rings. The third kappa shape index (κ3) is 5.85. The highest BCUT2D eigenvalue weighted by atomic mass is 127. The summed E-state index contributed by atoms with van der Waals surface area (Å²) in [6, 6.07) is 9.97. The van der Waals surface area contributed by atoms with Crippen molar-refractivity contribution >= 4 is 35.8 Å². The molecule has 1 aromatic heterocycles. The molecule has 0 bridgehead atoms. The van der Waals surface area contributed by atoms with Gasteiger partial charge in [-0.15, -0.1) is 24.0 Å². The van der Waals surface area contributed by atoms with Gasteiger partial charge in [0.15, 0.2) is 5.96 Å². The van der Waals surface area contributed by atoms with Crippen molar-refractivity contribution in [2.24, 2.45) is 12.0 Å².